The zero-order chi connectivity index (χ0) is 15.2. The number of methoxy groups -OCH3 is 1. The van der Waals surface area contributed by atoms with Gasteiger partial charge in [-0.15, -0.1) is 0 Å². The van der Waals surface area contributed by atoms with Crippen molar-refractivity contribution in [2.45, 2.75) is 13.5 Å². The lowest BCUT2D eigenvalue weighted by Gasteiger charge is -2.11. The van der Waals surface area contributed by atoms with E-state index >= 15 is 0 Å². The molecule has 2 aromatic carbocycles. The summed E-state index contributed by atoms with van der Waals surface area (Å²) in [5.74, 6) is 0.786. The molecule has 0 atom stereocenters. The maximum atomic E-state index is 11.5. The molecule has 2 rings (SSSR count). The number of carbonyl (C=O) groups excluding carboxylic acids is 1. The second-order valence-corrected chi connectivity index (χ2v) is 4.81. The number of anilines is 1. The van der Waals surface area contributed by atoms with E-state index in [-0.39, 0.29) is 5.91 Å². The van der Waals surface area contributed by atoms with Crippen LogP contribution in [0.1, 0.15) is 21.5 Å². The zero-order valence-electron chi connectivity index (χ0n) is 12.6. The van der Waals surface area contributed by atoms with Crippen LogP contribution in [-0.2, 0) is 6.54 Å². The molecule has 0 radical (unpaired) electrons. The van der Waals surface area contributed by atoms with Crippen LogP contribution in [0.3, 0.4) is 0 Å². The molecule has 0 heterocycles. The van der Waals surface area contributed by atoms with E-state index in [0.29, 0.717) is 12.1 Å². The van der Waals surface area contributed by atoms with Crippen molar-refractivity contribution in [1.29, 1.82) is 0 Å². The van der Waals surface area contributed by atoms with Gasteiger partial charge in [0.1, 0.15) is 5.75 Å². The summed E-state index contributed by atoms with van der Waals surface area (Å²) in [6.07, 6.45) is 0. The molecule has 0 aliphatic rings. The molecule has 0 saturated carbocycles. The highest BCUT2D eigenvalue weighted by molar-refractivity contribution is 5.93. The predicted molar refractivity (Wildman–Crippen MR) is 84.9 cm³/mol. The second kappa shape index (κ2) is 6.79. The first-order chi connectivity index (χ1) is 10.1. The van der Waals surface area contributed by atoms with Crippen molar-refractivity contribution in [2.75, 3.05) is 19.5 Å². The molecule has 0 aliphatic heterocycles. The van der Waals surface area contributed by atoms with Crippen LogP contribution in [0.4, 0.5) is 5.69 Å². The maximum absolute atomic E-state index is 11.5. The third-order valence-electron chi connectivity index (χ3n) is 3.36. The van der Waals surface area contributed by atoms with Gasteiger partial charge in [-0.05, 0) is 48.4 Å². The summed E-state index contributed by atoms with van der Waals surface area (Å²) in [5, 5.41) is 6.00. The molecule has 110 valence electrons. The van der Waals surface area contributed by atoms with Crippen LogP contribution in [0.15, 0.2) is 42.5 Å². The van der Waals surface area contributed by atoms with E-state index < -0.39 is 0 Å². The fourth-order valence-electron chi connectivity index (χ4n) is 2.08. The Balaban J connectivity index is 2.01. The first kappa shape index (κ1) is 14.9. The Bertz CT molecular complexity index is 621. The summed E-state index contributed by atoms with van der Waals surface area (Å²) in [7, 11) is 3.29. The molecule has 0 fully saturated rings. The standard InChI is InChI=1S/C17H20N2O2/c1-12-10-15(21-3)8-9-16(12)19-11-13-4-6-14(7-5-13)17(20)18-2/h4-10,19H,11H2,1-3H3,(H,18,20). The molecule has 2 N–H and O–H groups in total. The van der Waals surface area contributed by atoms with Gasteiger partial charge in [0, 0.05) is 24.8 Å². The summed E-state index contributed by atoms with van der Waals surface area (Å²) in [5.41, 5.74) is 4.00. The van der Waals surface area contributed by atoms with E-state index in [9.17, 15) is 4.79 Å². The fraction of sp³-hybridized carbons (Fsp3) is 0.235. The number of rotatable bonds is 5. The smallest absolute Gasteiger partial charge is 0.251 e. The third-order valence-corrected chi connectivity index (χ3v) is 3.36. The highest BCUT2D eigenvalue weighted by Crippen LogP contribution is 2.21. The van der Waals surface area contributed by atoms with E-state index in [1.165, 1.54) is 0 Å². The number of nitrogens with one attached hydrogen (secondary N) is 2. The lowest BCUT2D eigenvalue weighted by atomic mass is 10.1. The number of hydrogen-bond donors (Lipinski definition) is 2. The summed E-state index contributed by atoms with van der Waals surface area (Å²) in [6.45, 7) is 2.75. The van der Waals surface area contributed by atoms with Crippen molar-refractivity contribution in [3.8, 4) is 5.75 Å². The number of ether oxygens (including phenoxy) is 1. The number of benzene rings is 2. The van der Waals surface area contributed by atoms with Crippen molar-refractivity contribution in [1.82, 2.24) is 5.32 Å². The van der Waals surface area contributed by atoms with Crippen molar-refractivity contribution >= 4 is 11.6 Å². The molecule has 21 heavy (non-hydrogen) atoms. The summed E-state index contributed by atoms with van der Waals surface area (Å²) >= 11 is 0. The largest absolute Gasteiger partial charge is 0.497 e. The van der Waals surface area contributed by atoms with E-state index in [4.69, 9.17) is 4.74 Å². The van der Waals surface area contributed by atoms with Crippen molar-refractivity contribution in [3.63, 3.8) is 0 Å². The van der Waals surface area contributed by atoms with Gasteiger partial charge in [-0.1, -0.05) is 12.1 Å². The molecule has 0 spiro atoms. The normalized spacial score (nSPS) is 10.0. The van der Waals surface area contributed by atoms with Crippen LogP contribution in [0.2, 0.25) is 0 Å². The van der Waals surface area contributed by atoms with Gasteiger partial charge in [-0.3, -0.25) is 4.79 Å². The first-order valence-electron chi connectivity index (χ1n) is 6.83. The average Bonchev–Trinajstić information content (AvgIpc) is 2.53. The lowest BCUT2D eigenvalue weighted by molar-refractivity contribution is 0.0963. The molecule has 0 aliphatic carbocycles. The minimum Gasteiger partial charge on any atom is -0.497 e. The zero-order valence-corrected chi connectivity index (χ0v) is 12.6. The molecule has 2 aromatic rings. The minimum absolute atomic E-state index is 0.0690. The van der Waals surface area contributed by atoms with Crippen LogP contribution in [0.5, 0.6) is 5.75 Å². The lowest BCUT2D eigenvalue weighted by Crippen LogP contribution is -2.17. The van der Waals surface area contributed by atoms with E-state index in [1.807, 2.05) is 49.4 Å². The first-order valence-corrected chi connectivity index (χ1v) is 6.83. The van der Waals surface area contributed by atoms with Crippen LogP contribution in [-0.4, -0.2) is 20.1 Å². The predicted octanol–water partition coefficient (Wildman–Crippen LogP) is 2.98. The van der Waals surface area contributed by atoms with Crippen molar-refractivity contribution in [3.05, 3.63) is 59.2 Å². The van der Waals surface area contributed by atoms with Crippen LogP contribution in [0, 0.1) is 6.92 Å². The highest BCUT2D eigenvalue weighted by atomic mass is 16.5. The monoisotopic (exact) mass is 284 g/mol. The molecular formula is C17H20N2O2. The van der Waals surface area contributed by atoms with Gasteiger partial charge in [0.15, 0.2) is 0 Å². The molecule has 0 aromatic heterocycles. The average molecular weight is 284 g/mol. The third kappa shape index (κ3) is 3.75. The van der Waals surface area contributed by atoms with E-state index in [2.05, 4.69) is 10.6 Å². The quantitative estimate of drug-likeness (QED) is 0.887. The Morgan fingerprint density at radius 1 is 1.14 bits per heavy atom. The fourth-order valence-corrected chi connectivity index (χ4v) is 2.08. The number of carbonyl (C=O) groups is 1. The van der Waals surface area contributed by atoms with Gasteiger partial charge in [0.25, 0.3) is 5.91 Å². The Labute approximate surface area is 125 Å². The molecule has 0 bridgehead atoms. The van der Waals surface area contributed by atoms with Gasteiger partial charge < -0.3 is 15.4 Å². The molecule has 0 saturated heterocycles. The number of hydrogen-bond acceptors (Lipinski definition) is 3. The second-order valence-electron chi connectivity index (χ2n) is 4.81. The Morgan fingerprint density at radius 3 is 2.43 bits per heavy atom. The Hall–Kier alpha value is -2.49. The Kier molecular flexibility index (Phi) is 4.82. The summed E-state index contributed by atoms with van der Waals surface area (Å²) in [6, 6.07) is 13.5. The van der Waals surface area contributed by atoms with Gasteiger partial charge in [0.2, 0.25) is 0 Å². The highest BCUT2D eigenvalue weighted by Gasteiger charge is 2.03. The molecule has 0 unspecified atom stereocenters. The number of amides is 1. The number of aryl methyl sites for hydroxylation is 1. The Morgan fingerprint density at radius 2 is 1.86 bits per heavy atom. The van der Waals surface area contributed by atoms with Gasteiger partial charge >= 0.3 is 0 Å². The van der Waals surface area contributed by atoms with E-state index in [1.54, 1.807) is 14.2 Å². The summed E-state index contributed by atoms with van der Waals surface area (Å²) in [4.78, 5) is 11.5. The van der Waals surface area contributed by atoms with Crippen LogP contribution < -0.4 is 15.4 Å². The van der Waals surface area contributed by atoms with Crippen LogP contribution >= 0.6 is 0 Å². The van der Waals surface area contributed by atoms with E-state index in [0.717, 1.165) is 22.6 Å². The maximum Gasteiger partial charge on any atom is 0.251 e. The van der Waals surface area contributed by atoms with Gasteiger partial charge in [-0.2, -0.15) is 0 Å². The molecule has 4 nitrogen and oxygen atoms in total. The minimum atomic E-state index is -0.0690. The van der Waals surface area contributed by atoms with Crippen molar-refractivity contribution in [2.24, 2.45) is 0 Å². The van der Waals surface area contributed by atoms with Crippen molar-refractivity contribution < 1.29 is 9.53 Å². The summed E-state index contributed by atoms with van der Waals surface area (Å²) < 4.78 is 5.19. The molecule has 1 amide bonds. The van der Waals surface area contributed by atoms with Crippen LogP contribution in [0.25, 0.3) is 0 Å². The topological polar surface area (TPSA) is 50.4 Å². The molecular weight excluding hydrogens is 264 g/mol. The van der Waals surface area contributed by atoms with Gasteiger partial charge in [0.05, 0.1) is 7.11 Å². The van der Waals surface area contributed by atoms with Gasteiger partial charge in [-0.25, -0.2) is 0 Å². The molecule has 4 heteroatoms. The SMILES string of the molecule is CNC(=O)c1ccc(CNc2ccc(OC)cc2C)cc1.